The molecule has 0 aromatic heterocycles. The Morgan fingerprint density at radius 3 is 2.52 bits per heavy atom. The van der Waals surface area contributed by atoms with Crippen LogP contribution in [0.3, 0.4) is 0 Å². The highest BCUT2D eigenvalue weighted by Crippen LogP contribution is 2.20. The maximum Gasteiger partial charge on any atom is 0.224 e. The van der Waals surface area contributed by atoms with Crippen LogP contribution in [0, 0.1) is 11.7 Å². The minimum Gasteiger partial charge on any atom is -0.334 e. The van der Waals surface area contributed by atoms with Gasteiger partial charge in [-0.25, -0.2) is 4.39 Å². The molecule has 0 saturated carbocycles. The number of carbonyl (C=O) groups is 1. The van der Waals surface area contributed by atoms with Crippen molar-refractivity contribution in [3.8, 4) is 0 Å². The van der Waals surface area contributed by atoms with Crippen molar-refractivity contribution >= 4 is 5.91 Å². The van der Waals surface area contributed by atoms with E-state index < -0.39 is 0 Å². The molecule has 1 aromatic carbocycles. The van der Waals surface area contributed by atoms with E-state index in [0.29, 0.717) is 18.9 Å². The zero-order valence-corrected chi connectivity index (χ0v) is 13.2. The van der Waals surface area contributed by atoms with Crippen molar-refractivity contribution in [2.24, 2.45) is 5.92 Å². The van der Waals surface area contributed by atoms with Crippen LogP contribution in [0.25, 0.3) is 0 Å². The number of hydrogen-bond donors (Lipinski definition) is 0. The molecule has 0 radical (unpaired) electrons. The molecule has 1 aromatic rings. The average Bonchev–Trinajstić information content (AvgIpc) is 2.62. The first-order valence-electron chi connectivity index (χ1n) is 7.77. The lowest BCUT2D eigenvalue weighted by atomic mass is 10.0. The molecule has 1 fully saturated rings. The molecule has 0 bridgehead atoms. The first kappa shape index (κ1) is 16.0. The molecular weight excluding hydrogens is 267 g/mol. The highest BCUT2D eigenvalue weighted by Gasteiger charge is 2.31. The number of nitrogens with zero attached hydrogens (tertiary/aromatic N) is 2. The lowest BCUT2D eigenvalue weighted by Crippen LogP contribution is -2.45. The molecule has 0 N–H and O–H groups in total. The Morgan fingerprint density at radius 1 is 1.29 bits per heavy atom. The lowest BCUT2D eigenvalue weighted by molar-refractivity contribution is -0.134. The third-order valence-corrected chi connectivity index (χ3v) is 4.29. The predicted molar refractivity (Wildman–Crippen MR) is 82.3 cm³/mol. The zero-order chi connectivity index (χ0) is 15.4. The number of hydrogen-bond acceptors (Lipinski definition) is 2. The maximum absolute atomic E-state index is 13.0. The second-order valence-corrected chi connectivity index (χ2v) is 6.10. The van der Waals surface area contributed by atoms with E-state index in [1.54, 1.807) is 12.1 Å². The summed E-state index contributed by atoms with van der Waals surface area (Å²) in [5.74, 6) is 0.369. The van der Waals surface area contributed by atoms with Crippen molar-refractivity contribution in [3.63, 3.8) is 0 Å². The van der Waals surface area contributed by atoms with E-state index in [4.69, 9.17) is 0 Å². The van der Waals surface area contributed by atoms with E-state index in [2.05, 4.69) is 25.7 Å². The number of benzene rings is 1. The molecule has 3 nitrogen and oxygen atoms in total. The fourth-order valence-electron chi connectivity index (χ4n) is 2.89. The molecule has 0 spiro atoms. The highest BCUT2D eigenvalue weighted by atomic mass is 19.1. The van der Waals surface area contributed by atoms with E-state index in [0.717, 1.165) is 25.2 Å². The van der Waals surface area contributed by atoms with Crippen molar-refractivity contribution in [2.75, 3.05) is 19.6 Å². The average molecular weight is 292 g/mol. The van der Waals surface area contributed by atoms with Crippen LogP contribution in [0.2, 0.25) is 0 Å². The second kappa shape index (κ2) is 7.03. The molecule has 1 heterocycles. The Kier molecular flexibility index (Phi) is 5.34. The predicted octanol–water partition coefficient (Wildman–Crippen LogP) is 2.90. The molecule has 1 amide bonds. The molecule has 1 saturated heterocycles. The topological polar surface area (TPSA) is 23.6 Å². The quantitative estimate of drug-likeness (QED) is 0.852. The fraction of sp³-hybridized carbons (Fsp3) is 0.588. The SMILES string of the molecule is CCN1CCC(=O)N(Cc2ccc(F)cc2)[C@H](C(C)C)C1. The normalized spacial score (nSPS) is 20.9. The van der Waals surface area contributed by atoms with Gasteiger partial charge in [-0.05, 0) is 30.2 Å². The zero-order valence-electron chi connectivity index (χ0n) is 13.2. The Morgan fingerprint density at radius 2 is 1.95 bits per heavy atom. The number of carbonyl (C=O) groups excluding carboxylic acids is 1. The minimum absolute atomic E-state index is 0.203. The molecule has 1 atom stereocenters. The van der Waals surface area contributed by atoms with Crippen molar-refractivity contribution in [1.29, 1.82) is 0 Å². The van der Waals surface area contributed by atoms with Gasteiger partial charge in [0.1, 0.15) is 5.82 Å². The Bertz CT molecular complexity index is 472. The molecule has 1 aliphatic heterocycles. The molecule has 0 aliphatic carbocycles. The van der Waals surface area contributed by atoms with Crippen molar-refractivity contribution in [3.05, 3.63) is 35.6 Å². The summed E-state index contributed by atoms with van der Waals surface area (Å²) in [7, 11) is 0. The van der Waals surface area contributed by atoms with Crippen molar-refractivity contribution in [1.82, 2.24) is 9.80 Å². The van der Waals surface area contributed by atoms with Crippen LogP contribution < -0.4 is 0 Å². The number of halogens is 1. The van der Waals surface area contributed by atoms with Gasteiger partial charge in [0, 0.05) is 32.1 Å². The third-order valence-electron chi connectivity index (χ3n) is 4.29. The summed E-state index contributed by atoms with van der Waals surface area (Å²) in [6, 6.07) is 6.66. The molecular formula is C17H25FN2O. The molecule has 116 valence electrons. The molecule has 1 aliphatic rings. The maximum atomic E-state index is 13.0. The largest absolute Gasteiger partial charge is 0.334 e. The van der Waals surface area contributed by atoms with Crippen LogP contribution >= 0.6 is 0 Å². The van der Waals surface area contributed by atoms with E-state index in [1.807, 2.05) is 4.90 Å². The van der Waals surface area contributed by atoms with Crippen LogP contribution in [0.4, 0.5) is 4.39 Å². The summed E-state index contributed by atoms with van der Waals surface area (Å²) in [4.78, 5) is 16.8. The number of likely N-dealkylation sites (N-methyl/N-ethyl adjacent to an activating group) is 1. The van der Waals surface area contributed by atoms with Crippen LogP contribution in [-0.4, -0.2) is 41.4 Å². The third kappa shape index (κ3) is 4.03. The monoisotopic (exact) mass is 292 g/mol. The van der Waals surface area contributed by atoms with Gasteiger partial charge >= 0.3 is 0 Å². The van der Waals surface area contributed by atoms with Crippen LogP contribution in [0.1, 0.15) is 32.8 Å². The minimum atomic E-state index is -0.237. The summed E-state index contributed by atoms with van der Waals surface area (Å²) >= 11 is 0. The van der Waals surface area contributed by atoms with E-state index >= 15 is 0 Å². The van der Waals surface area contributed by atoms with Crippen molar-refractivity contribution < 1.29 is 9.18 Å². The Balaban J connectivity index is 2.19. The Hall–Kier alpha value is -1.42. The smallest absolute Gasteiger partial charge is 0.224 e. The van der Waals surface area contributed by atoms with Gasteiger partial charge in [-0.15, -0.1) is 0 Å². The van der Waals surface area contributed by atoms with Gasteiger partial charge in [0.15, 0.2) is 0 Å². The molecule has 21 heavy (non-hydrogen) atoms. The number of amides is 1. The molecule has 4 heteroatoms. The summed E-state index contributed by atoms with van der Waals surface area (Å²) < 4.78 is 13.0. The first-order chi connectivity index (χ1) is 10.0. The second-order valence-electron chi connectivity index (χ2n) is 6.10. The highest BCUT2D eigenvalue weighted by molar-refractivity contribution is 5.77. The van der Waals surface area contributed by atoms with Gasteiger partial charge < -0.3 is 9.80 Å². The molecule has 2 rings (SSSR count). The summed E-state index contributed by atoms with van der Waals surface area (Å²) in [6.07, 6.45) is 0.568. The van der Waals surface area contributed by atoms with Crippen LogP contribution in [0.15, 0.2) is 24.3 Å². The summed E-state index contributed by atoms with van der Waals surface area (Å²) in [6.45, 7) is 9.75. The van der Waals surface area contributed by atoms with Gasteiger partial charge in [0.05, 0.1) is 0 Å². The Labute approximate surface area is 126 Å². The summed E-state index contributed by atoms with van der Waals surface area (Å²) in [5, 5.41) is 0. The number of rotatable bonds is 4. The lowest BCUT2D eigenvalue weighted by Gasteiger charge is -2.34. The first-order valence-corrected chi connectivity index (χ1v) is 7.77. The fourth-order valence-corrected chi connectivity index (χ4v) is 2.89. The van der Waals surface area contributed by atoms with Crippen LogP contribution in [-0.2, 0) is 11.3 Å². The van der Waals surface area contributed by atoms with E-state index in [-0.39, 0.29) is 17.8 Å². The van der Waals surface area contributed by atoms with Gasteiger partial charge in [-0.3, -0.25) is 4.79 Å². The van der Waals surface area contributed by atoms with E-state index in [1.165, 1.54) is 12.1 Å². The van der Waals surface area contributed by atoms with Crippen LogP contribution in [0.5, 0.6) is 0 Å². The molecule has 0 unspecified atom stereocenters. The summed E-state index contributed by atoms with van der Waals surface area (Å²) in [5.41, 5.74) is 0.986. The van der Waals surface area contributed by atoms with Gasteiger partial charge in [-0.1, -0.05) is 32.9 Å². The van der Waals surface area contributed by atoms with Crippen molar-refractivity contribution in [2.45, 2.75) is 39.8 Å². The van der Waals surface area contributed by atoms with Gasteiger partial charge in [-0.2, -0.15) is 0 Å². The van der Waals surface area contributed by atoms with Gasteiger partial charge in [0.25, 0.3) is 0 Å². The standard InChI is InChI=1S/C17H25FN2O/c1-4-19-10-9-17(21)20(16(12-19)13(2)3)11-14-5-7-15(18)8-6-14/h5-8,13,16H,4,9-12H2,1-3H3/t16-/m0/s1. The van der Waals surface area contributed by atoms with Gasteiger partial charge in [0.2, 0.25) is 5.91 Å². The van der Waals surface area contributed by atoms with E-state index in [9.17, 15) is 9.18 Å².